The van der Waals surface area contributed by atoms with E-state index in [0.717, 1.165) is 21.4 Å². The molecule has 2 nitrogen and oxygen atoms in total. The summed E-state index contributed by atoms with van der Waals surface area (Å²) in [5, 5.41) is 14.5. The maximum atomic E-state index is 10.4. The minimum absolute atomic E-state index is 0.208. The Labute approximate surface area is 163 Å². The molecule has 0 radical (unpaired) electrons. The number of benzene rings is 4. The van der Waals surface area contributed by atoms with E-state index in [-0.39, 0.29) is 5.75 Å². The Bertz CT molecular complexity index is 1110. The number of phenols is 1. The Balaban J connectivity index is 1.89. The molecule has 0 saturated carbocycles. The van der Waals surface area contributed by atoms with Crippen LogP contribution >= 0.6 is 6.19 Å². The minimum Gasteiger partial charge on any atom is -0.507 e. The molecule has 27 heavy (non-hydrogen) atoms. The molecule has 4 rings (SSSR count). The van der Waals surface area contributed by atoms with Crippen molar-refractivity contribution < 1.29 is 5.11 Å². The predicted octanol–water partition coefficient (Wildman–Crippen LogP) is 5.01. The second-order valence-electron chi connectivity index (χ2n) is 6.21. The van der Waals surface area contributed by atoms with Crippen molar-refractivity contribution in [3.8, 4) is 5.75 Å². The zero-order valence-corrected chi connectivity index (χ0v) is 16.3. The number of nitrogens with zero attached hydrogens (tertiary/aromatic N) is 1. The third kappa shape index (κ3) is 3.44. The van der Waals surface area contributed by atoms with Crippen molar-refractivity contribution in [1.82, 2.24) is 0 Å². The van der Waals surface area contributed by atoms with Gasteiger partial charge in [-0.1, -0.05) is 103 Å². The molecule has 4 aromatic carbocycles. The van der Waals surface area contributed by atoms with Gasteiger partial charge >= 0.3 is 0 Å². The molecule has 0 atom stereocenters. The SMILES string of the molecule is Oc1ccc2ccccc2c1/C=N/P(=S)(c1ccccc1)c1ccccc1. The summed E-state index contributed by atoms with van der Waals surface area (Å²) >= 11 is 6.13. The van der Waals surface area contributed by atoms with Crippen molar-refractivity contribution >= 4 is 45.6 Å². The molecule has 0 amide bonds. The first-order valence-corrected chi connectivity index (χ1v) is 11.4. The Morgan fingerprint density at radius 1 is 0.704 bits per heavy atom. The molecule has 1 N–H and O–H groups in total. The zero-order chi connectivity index (χ0) is 18.7. The third-order valence-corrected chi connectivity index (χ3v) is 8.49. The van der Waals surface area contributed by atoms with E-state index in [0.29, 0.717) is 5.56 Å². The van der Waals surface area contributed by atoms with Crippen LogP contribution < -0.4 is 10.6 Å². The van der Waals surface area contributed by atoms with Gasteiger partial charge in [-0.15, -0.1) is 0 Å². The van der Waals surface area contributed by atoms with Crippen molar-refractivity contribution in [2.75, 3.05) is 0 Å². The first-order valence-electron chi connectivity index (χ1n) is 8.66. The smallest absolute Gasteiger partial charge is 0.124 e. The van der Waals surface area contributed by atoms with Crippen LogP contribution in [0.1, 0.15) is 5.56 Å². The number of phenolic OH excluding ortho intramolecular Hbond substituents is 1. The monoisotopic (exact) mass is 387 g/mol. The van der Waals surface area contributed by atoms with Gasteiger partial charge < -0.3 is 5.11 Å². The lowest BCUT2D eigenvalue weighted by molar-refractivity contribution is 0.475. The van der Waals surface area contributed by atoms with E-state index in [1.165, 1.54) is 0 Å². The van der Waals surface area contributed by atoms with Gasteiger partial charge in [-0.25, -0.2) is 0 Å². The lowest BCUT2D eigenvalue weighted by Crippen LogP contribution is -2.14. The molecule has 0 aliphatic heterocycles. The van der Waals surface area contributed by atoms with E-state index in [1.54, 1.807) is 12.3 Å². The maximum Gasteiger partial charge on any atom is 0.124 e. The number of aromatic hydroxyl groups is 1. The van der Waals surface area contributed by atoms with Gasteiger partial charge in [-0.3, -0.25) is 4.76 Å². The summed E-state index contributed by atoms with van der Waals surface area (Å²) in [5.41, 5.74) is 0.703. The highest BCUT2D eigenvalue weighted by atomic mass is 32.4. The molecule has 0 aromatic heterocycles. The van der Waals surface area contributed by atoms with Crippen LogP contribution in [0.2, 0.25) is 0 Å². The molecule has 0 spiro atoms. The lowest BCUT2D eigenvalue weighted by atomic mass is 10.0. The molecule has 0 unspecified atom stereocenters. The average molecular weight is 387 g/mol. The molecule has 0 heterocycles. The highest BCUT2D eigenvalue weighted by Gasteiger charge is 2.20. The van der Waals surface area contributed by atoms with Crippen LogP contribution in [0.4, 0.5) is 0 Å². The fourth-order valence-electron chi connectivity index (χ4n) is 3.10. The highest BCUT2D eigenvalue weighted by Crippen LogP contribution is 2.45. The molecule has 0 fully saturated rings. The first kappa shape index (κ1) is 17.7. The third-order valence-electron chi connectivity index (χ3n) is 4.51. The number of rotatable bonds is 4. The molecule has 132 valence electrons. The summed E-state index contributed by atoms with van der Waals surface area (Å²) in [6.07, 6.45) is -0.647. The summed E-state index contributed by atoms with van der Waals surface area (Å²) < 4.78 is 4.92. The molecule has 0 aliphatic carbocycles. The van der Waals surface area contributed by atoms with Gasteiger partial charge in [0, 0.05) is 22.4 Å². The minimum atomic E-state index is -2.40. The summed E-state index contributed by atoms with van der Waals surface area (Å²) in [5.74, 6) is 0.208. The van der Waals surface area contributed by atoms with Crippen molar-refractivity contribution in [2.45, 2.75) is 0 Å². The molecule has 0 bridgehead atoms. The van der Waals surface area contributed by atoms with Crippen molar-refractivity contribution in [2.24, 2.45) is 4.76 Å². The highest BCUT2D eigenvalue weighted by molar-refractivity contribution is 8.21. The molecule has 0 aliphatic rings. The van der Waals surface area contributed by atoms with E-state index in [2.05, 4.69) is 0 Å². The number of fused-ring (bicyclic) bond motifs is 1. The zero-order valence-electron chi connectivity index (χ0n) is 14.6. The Morgan fingerprint density at radius 3 is 1.89 bits per heavy atom. The second-order valence-corrected chi connectivity index (χ2v) is 10.2. The van der Waals surface area contributed by atoms with Crippen LogP contribution in [0.25, 0.3) is 10.8 Å². The van der Waals surface area contributed by atoms with Gasteiger partial charge in [-0.05, 0) is 16.8 Å². The van der Waals surface area contributed by atoms with Gasteiger partial charge in [0.2, 0.25) is 0 Å². The summed E-state index contributed by atoms with van der Waals surface area (Å²) in [4.78, 5) is 0. The standard InChI is InChI=1S/C23H18NOPS/c25-23-16-15-18-9-7-8-14-21(18)22(23)17-24-26(27,19-10-3-1-4-11-19)20-12-5-2-6-13-20/h1-17,25H/b24-17+. The molecule has 4 heteroatoms. The van der Waals surface area contributed by atoms with Crippen LogP contribution in [0, 0.1) is 0 Å². The van der Waals surface area contributed by atoms with Crippen LogP contribution in [-0.4, -0.2) is 11.3 Å². The second kappa shape index (κ2) is 7.48. The van der Waals surface area contributed by atoms with Gasteiger partial charge in [0.15, 0.2) is 0 Å². The van der Waals surface area contributed by atoms with Crippen molar-refractivity contribution in [3.05, 3.63) is 103 Å². The summed E-state index contributed by atoms with van der Waals surface area (Å²) in [6.45, 7) is 0. The van der Waals surface area contributed by atoms with E-state index in [9.17, 15) is 5.11 Å². The van der Waals surface area contributed by atoms with Gasteiger partial charge in [0.05, 0.1) is 0 Å². The van der Waals surface area contributed by atoms with Crippen molar-refractivity contribution in [1.29, 1.82) is 0 Å². The van der Waals surface area contributed by atoms with Crippen LogP contribution in [0.5, 0.6) is 5.75 Å². The van der Waals surface area contributed by atoms with E-state index >= 15 is 0 Å². The van der Waals surface area contributed by atoms with Crippen LogP contribution in [-0.2, 0) is 11.8 Å². The van der Waals surface area contributed by atoms with Gasteiger partial charge in [0.25, 0.3) is 0 Å². The van der Waals surface area contributed by atoms with Gasteiger partial charge in [0.1, 0.15) is 11.9 Å². The summed E-state index contributed by atoms with van der Waals surface area (Å²) in [6, 6.07) is 31.6. The molecular formula is C23H18NOPS. The number of hydrogen-bond acceptors (Lipinski definition) is 2. The largest absolute Gasteiger partial charge is 0.507 e. The predicted molar refractivity (Wildman–Crippen MR) is 120 cm³/mol. The topological polar surface area (TPSA) is 32.6 Å². The Hall–Kier alpha value is -2.74. The van der Waals surface area contributed by atoms with E-state index < -0.39 is 6.19 Å². The number of hydrogen-bond donors (Lipinski definition) is 1. The van der Waals surface area contributed by atoms with E-state index in [1.807, 2.05) is 91.0 Å². The molecular weight excluding hydrogens is 369 g/mol. The Morgan fingerprint density at radius 2 is 1.26 bits per heavy atom. The normalized spacial score (nSPS) is 11.9. The fourth-order valence-corrected chi connectivity index (χ4v) is 5.97. The fraction of sp³-hybridized carbons (Fsp3) is 0. The molecule has 0 saturated heterocycles. The van der Waals surface area contributed by atoms with Crippen LogP contribution in [0.3, 0.4) is 0 Å². The maximum absolute atomic E-state index is 10.4. The lowest BCUT2D eigenvalue weighted by Gasteiger charge is -2.18. The quantitative estimate of drug-likeness (QED) is 0.394. The Kier molecular flexibility index (Phi) is 4.89. The average Bonchev–Trinajstić information content (AvgIpc) is 2.74. The summed E-state index contributed by atoms with van der Waals surface area (Å²) in [7, 11) is 0. The van der Waals surface area contributed by atoms with Crippen LogP contribution in [0.15, 0.2) is 102 Å². The van der Waals surface area contributed by atoms with Crippen molar-refractivity contribution in [3.63, 3.8) is 0 Å². The van der Waals surface area contributed by atoms with E-state index in [4.69, 9.17) is 16.6 Å². The first-order chi connectivity index (χ1) is 13.2. The molecule has 4 aromatic rings. The van der Waals surface area contributed by atoms with Gasteiger partial charge in [-0.2, -0.15) is 0 Å².